The first-order valence-electron chi connectivity index (χ1n) is 6.63. The van der Waals surface area contributed by atoms with Gasteiger partial charge in [-0.25, -0.2) is 13.5 Å². The summed E-state index contributed by atoms with van der Waals surface area (Å²) in [6, 6.07) is 11.7. The number of benzene rings is 2. The van der Waals surface area contributed by atoms with E-state index in [1.807, 2.05) is 0 Å². The Balaban J connectivity index is 2.21. The summed E-state index contributed by atoms with van der Waals surface area (Å²) in [6.07, 6.45) is -2.65. The van der Waals surface area contributed by atoms with Gasteiger partial charge >= 0.3 is 0 Å². The molecule has 0 saturated carbocycles. The van der Waals surface area contributed by atoms with Crippen LogP contribution in [0.25, 0.3) is 16.6 Å². The predicted octanol–water partition coefficient (Wildman–Crippen LogP) is 3.98. The number of rotatable bonds is 4. The first-order chi connectivity index (χ1) is 10.6. The van der Waals surface area contributed by atoms with E-state index in [0.717, 1.165) is 0 Å². The summed E-state index contributed by atoms with van der Waals surface area (Å²) in [5, 5.41) is 4.66. The number of hydrogen-bond acceptors (Lipinski definition) is 3. The van der Waals surface area contributed by atoms with Gasteiger partial charge in [-0.2, -0.15) is 5.10 Å². The van der Waals surface area contributed by atoms with Crippen molar-refractivity contribution in [2.75, 3.05) is 14.2 Å². The topological polar surface area (TPSA) is 36.3 Å². The van der Waals surface area contributed by atoms with Crippen LogP contribution in [0.4, 0.5) is 8.78 Å². The molecule has 3 aromatic rings. The lowest BCUT2D eigenvalue weighted by Gasteiger charge is -2.08. The maximum atomic E-state index is 13.5. The molecule has 0 radical (unpaired) electrons. The van der Waals surface area contributed by atoms with Crippen molar-refractivity contribution in [2.24, 2.45) is 0 Å². The third kappa shape index (κ3) is 2.36. The van der Waals surface area contributed by atoms with Crippen LogP contribution in [0.2, 0.25) is 0 Å². The Hall–Kier alpha value is -2.63. The van der Waals surface area contributed by atoms with Gasteiger partial charge < -0.3 is 9.47 Å². The van der Waals surface area contributed by atoms with Crippen molar-refractivity contribution in [3.05, 3.63) is 48.2 Å². The summed E-state index contributed by atoms with van der Waals surface area (Å²) >= 11 is 0. The SMILES string of the molecule is COc1ccc(-n2nc3ccc(OC)cc3c2C(F)F)cc1. The Morgan fingerprint density at radius 1 is 0.955 bits per heavy atom. The van der Waals surface area contributed by atoms with E-state index in [4.69, 9.17) is 9.47 Å². The molecule has 114 valence electrons. The lowest BCUT2D eigenvalue weighted by Crippen LogP contribution is -2.02. The zero-order valence-corrected chi connectivity index (χ0v) is 12.1. The maximum Gasteiger partial charge on any atom is 0.281 e. The largest absolute Gasteiger partial charge is 0.497 e. The molecule has 1 aromatic heterocycles. The van der Waals surface area contributed by atoms with E-state index in [2.05, 4.69) is 5.10 Å². The number of methoxy groups -OCH3 is 2. The second-order valence-electron chi connectivity index (χ2n) is 4.68. The molecule has 1 heterocycles. The number of fused-ring (bicyclic) bond motifs is 1. The van der Waals surface area contributed by atoms with Crippen molar-refractivity contribution in [1.29, 1.82) is 0 Å². The van der Waals surface area contributed by atoms with Gasteiger partial charge in [0, 0.05) is 5.39 Å². The zero-order chi connectivity index (χ0) is 15.7. The van der Waals surface area contributed by atoms with E-state index in [1.165, 1.54) is 11.8 Å². The number of aromatic nitrogens is 2. The fraction of sp³-hybridized carbons (Fsp3) is 0.188. The van der Waals surface area contributed by atoms with Crippen LogP contribution in [0.15, 0.2) is 42.5 Å². The van der Waals surface area contributed by atoms with E-state index in [-0.39, 0.29) is 5.69 Å². The normalized spacial score (nSPS) is 11.1. The molecule has 6 heteroatoms. The van der Waals surface area contributed by atoms with Gasteiger partial charge in [-0.15, -0.1) is 0 Å². The van der Waals surface area contributed by atoms with E-state index in [1.54, 1.807) is 49.6 Å². The summed E-state index contributed by atoms with van der Waals surface area (Å²) in [5.41, 5.74) is 0.886. The zero-order valence-electron chi connectivity index (χ0n) is 12.1. The molecule has 0 aliphatic carbocycles. The highest BCUT2D eigenvalue weighted by atomic mass is 19.3. The van der Waals surface area contributed by atoms with E-state index in [0.29, 0.717) is 28.1 Å². The van der Waals surface area contributed by atoms with Crippen molar-refractivity contribution >= 4 is 10.9 Å². The quantitative estimate of drug-likeness (QED) is 0.731. The van der Waals surface area contributed by atoms with Crippen LogP contribution in [-0.4, -0.2) is 24.0 Å². The Morgan fingerprint density at radius 2 is 1.59 bits per heavy atom. The van der Waals surface area contributed by atoms with Crippen LogP contribution >= 0.6 is 0 Å². The van der Waals surface area contributed by atoms with Gasteiger partial charge in [0.05, 0.1) is 25.4 Å². The number of hydrogen-bond donors (Lipinski definition) is 0. The van der Waals surface area contributed by atoms with Gasteiger partial charge in [-0.05, 0) is 42.5 Å². The van der Waals surface area contributed by atoms with Crippen LogP contribution < -0.4 is 9.47 Å². The van der Waals surface area contributed by atoms with Crippen LogP contribution in [0.5, 0.6) is 11.5 Å². The number of nitrogens with zero attached hydrogens (tertiary/aromatic N) is 2. The van der Waals surface area contributed by atoms with Crippen molar-refractivity contribution in [3.8, 4) is 17.2 Å². The van der Waals surface area contributed by atoms with Crippen LogP contribution in [0, 0.1) is 0 Å². The summed E-state index contributed by atoms with van der Waals surface area (Å²) in [7, 11) is 3.05. The highest BCUT2D eigenvalue weighted by Crippen LogP contribution is 2.32. The van der Waals surface area contributed by atoms with Gasteiger partial charge in [0.25, 0.3) is 6.43 Å². The van der Waals surface area contributed by atoms with Gasteiger partial charge in [-0.1, -0.05) is 0 Å². The molecule has 0 atom stereocenters. The Morgan fingerprint density at radius 3 is 2.18 bits per heavy atom. The second-order valence-corrected chi connectivity index (χ2v) is 4.68. The fourth-order valence-electron chi connectivity index (χ4n) is 2.34. The minimum Gasteiger partial charge on any atom is -0.497 e. The first-order valence-corrected chi connectivity index (χ1v) is 6.63. The molecule has 0 amide bonds. The van der Waals surface area contributed by atoms with Gasteiger partial charge in [0.1, 0.15) is 17.2 Å². The summed E-state index contributed by atoms with van der Waals surface area (Å²) in [6.45, 7) is 0. The maximum absolute atomic E-state index is 13.5. The van der Waals surface area contributed by atoms with E-state index >= 15 is 0 Å². The van der Waals surface area contributed by atoms with Gasteiger partial charge in [0.15, 0.2) is 0 Å². The third-order valence-electron chi connectivity index (χ3n) is 3.44. The van der Waals surface area contributed by atoms with Crippen LogP contribution in [-0.2, 0) is 0 Å². The van der Waals surface area contributed by atoms with Crippen LogP contribution in [0.1, 0.15) is 12.1 Å². The molecule has 4 nitrogen and oxygen atoms in total. The number of ether oxygens (including phenoxy) is 2. The molecule has 22 heavy (non-hydrogen) atoms. The first kappa shape index (κ1) is 14.3. The molecule has 0 aliphatic heterocycles. The monoisotopic (exact) mass is 304 g/mol. The van der Waals surface area contributed by atoms with Crippen molar-refractivity contribution in [3.63, 3.8) is 0 Å². The van der Waals surface area contributed by atoms with Crippen molar-refractivity contribution < 1.29 is 18.3 Å². The molecular formula is C16H14F2N2O2. The molecule has 0 bridgehead atoms. The third-order valence-corrected chi connectivity index (χ3v) is 3.44. The molecule has 3 rings (SSSR count). The number of halogens is 2. The molecule has 0 spiro atoms. The average molecular weight is 304 g/mol. The molecule has 0 N–H and O–H groups in total. The minimum atomic E-state index is -2.65. The Labute approximate surface area is 125 Å². The summed E-state index contributed by atoms with van der Waals surface area (Å²) in [5.74, 6) is 1.17. The molecule has 0 fully saturated rings. The molecule has 0 aliphatic rings. The lowest BCUT2D eigenvalue weighted by molar-refractivity contribution is 0.144. The van der Waals surface area contributed by atoms with Gasteiger partial charge in [0.2, 0.25) is 0 Å². The average Bonchev–Trinajstić information content (AvgIpc) is 2.93. The van der Waals surface area contributed by atoms with Gasteiger partial charge in [-0.3, -0.25) is 0 Å². The van der Waals surface area contributed by atoms with E-state index in [9.17, 15) is 8.78 Å². The second kappa shape index (κ2) is 5.63. The molecular weight excluding hydrogens is 290 g/mol. The Kier molecular flexibility index (Phi) is 3.66. The summed E-state index contributed by atoms with van der Waals surface area (Å²) in [4.78, 5) is 0. The fourth-order valence-corrected chi connectivity index (χ4v) is 2.34. The van der Waals surface area contributed by atoms with Crippen LogP contribution in [0.3, 0.4) is 0 Å². The van der Waals surface area contributed by atoms with Crippen molar-refractivity contribution in [2.45, 2.75) is 6.43 Å². The number of alkyl halides is 2. The standard InChI is InChI=1S/C16H14F2N2O2/c1-21-11-5-3-10(4-6-11)20-15(16(17)18)13-9-12(22-2)7-8-14(13)19-20/h3-9,16H,1-2H3. The Bertz CT molecular complexity index is 798. The smallest absolute Gasteiger partial charge is 0.281 e. The molecule has 0 saturated heterocycles. The van der Waals surface area contributed by atoms with Crippen molar-refractivity contribution in [1.82, 2.24) is 9.78 Å². The molecule has 0 unspecified atom stereocenters. The minimum absolute atomic E-state index is 0.154. The van der Waals surface area contributed by atoms with E-state index < -0.39 is 6.43 Å². The highest BCUT2D eigenvalue weighted by molar-refractivity contribution is 5.84. The summed E-state index contributed by atoms with van der Waals surface area (Å²) < 4.78 is 38.5. The lowest BCUT2D eigenvalue weighted by atomic mass is 10.2. The highest BCUT2D eigenvalue weighted by Gasteiger charge is 2.21. The predicted molar refractivity (Wildman–Crippen MR) is 79.1 cm³/mol. The molecule has 2 aromatic carbocycles.